The Labute approximate surface area is 76.2 Å². The highest BCUT2D eigenvalue weighted by atomic mass is 32.2. The summed E-state index contributed by atoms with van der Waals surface area (Å²) in [6.07, 6.45) is 1.82. The van der Waals surface area contributed by atoms with E-state index in [1.807, 2.05) is 30.9 Å². The van der Waals surface area contributed by atoms with Gasteiger partial charge in [0.05, 0.1) is 5.88 Å². The van der Waals surface area contributed by atoms with Crippen molar-refractivity contribution in [1.29, 1.82) is 0 Å². The Bertz CT molecular complexity index is 271. The Morgan fingerprint density at radius 3 is 3.17 bits per heavy atom. The van der Waals surface area contributed by atoms with Crippen LogP contribution in [0, 0.1) is 6.92 Å². The molecule has 1 aliphatic rings. The molecular weight excluding hydrogens is 170 g/mol. The molecule has 0 N–H and O–H groups in total. The highest BCUT2D eigenvalue weighted by molar-refractivity contribution is 7.99. The van der Waals surface area contributed by atoms with Gasteiger partial charge in [0, 0.05) is 24.2 Å². The van der Waals surface area contributed by atoms with Crippen molar-refractivity contribution in [3.63, 3.8) is 0 Å². The molecule has 0 unspecified atom stereocenters. The van der Waals surface area contributed by atoms with Crippen LogP contribution in [-0.4, -0.2) is 28.1 Å². The SMILES string of the molecule is Cc1ccnc(N2CCSC2)n1. The van der Waals surface area contributed by atoms with E-state index in [-0.39, 0.29) is 0 Å². The van der Waals surface area contributed by atoms with Crippen LogP contribution >= 0.6 is 11.8 Å². The van der Waals surface area contributed by atoms with E-state index in [2.05, 4.69) is 14.9 Å². The largest absolute Gasteiger partial charge is 0.331 e. The van der Waals surface area contributed by atoms with Crippen LogP contribution in [0.5, 0.6) is 0 Å². The van der Waals surface area contributed by atoms with E-state index in [0.717, 1.165) is 24.1 Å². The van der Waals surface area contributed by atoms with E-state index in [1.54, 1.807) is 0 Å². The number of rotatable bonds is 1. The van der Waals surface area contributed by atoms with Gasteiger partial charge in [-0.25, -0.2) is 9.97 Å². The molecule has 0 saturated carbocycles. The number of nitrogens with zero attached hydrogens (tertiary/aromatic N) is 3. The predicted octanol–water partition coefficient (Wildman–Crippen LogP) is 1.30. The van der Waals surface area contributed by atoms with Crippen molar-refractivity contribution in [3.8, 4) is 0 Å². The van der Waals surface area contributed by atoms with Gasteiger partial charge in [-0.05, 0) is 13.0 Å². The number of hydrogen-bond acceptors (Lipinski definition) is 4. The first-order valence-corrected chi connectivity index (χ1v) is 5.14. The molecule has 0 aliphatic carbocycles. The minimum absolute atomic E-state index is 0.875. The van der Waals surface area contributed by atoms with Crippen LogP contribution in [-0.2, 0) is 0 Å². The van der Waals surface area contributed by atoms with E-state index in [9.17, 15) is 0 Å². The molecule has 0 amide bonds. The smallest absolute Gasteiger partial charge is 0.226 e. The standard InChI is InChI=1S/C8H11N3S/c1-7-2-3-9-8(10-7)11-4-5-12-6-11/h2-3H,4-6H2,1H3. The van der Waals surface area contributed by atoms with Crippen LogP contribution < -0.4 is 4.90 Å². The van der Waals surface area contributed by atoms with Gasteiger partial charge in [-0.15, -0.1) is 11.8 Å². The van der Waals surface area contributed by atoms with Gasteiger partial charge >= 0.3 is 0 Å². The average Bonchev–Trinajstić information content (AvgIpc) is 2.56. The lowest BCUT2D eigenvalue weighted by molar-refractivity contribution is 0.907. The monoisotopic (exact) mass is 181 g/mol. The normalized spacial score (nSPS) is 16.9. The summed E-state index contributed by atoms with van der Waals surface area (Å²) in [5.74, 6) is 3.10. The maximum Gasteiger partial charge on any atom is 0.226 e. The van der Waals surface area contributed by atoms with Gasteiger partial charge in [0.15, 0.2) is 0 Å². The predicted molar refractivity (Wildman–Crippen MR) is 51.4 cm³/mol. The van der Waals surface area contributed by atoms with E-state index in [1.165, 1.54) is 5.75 Å². The average molecular weight is 181 g/mol. The van der Waals surface area contributed by atoms with E-state index in [4.69, 9.17) is 0 Å². The van der Waals surface area contributed by atoms with Gasteiger partial charge in [0.25, 0.3) is 0 Å². The summed E-state index contributed by atoms with van der Waals surface area (Å²) in [6, 6.07) is 1.92. The molecule has 0 radical (unpaired) electrons. The Balaban J connectivity index is 2.21. The Morgan fingerprint density at radius 2 is 2.50 bits per heavy atom. The van der Waals surface area contributed by atoms with Crippen molar-refractivity contribution >= 4 is 17.7 Å². The zero-order chi connectivity index (χ0) is 8.39. The number of aryl methyl sites for hydroxylation is 1. The molecule has 3 nitrogen and oxygen atoms in total. The fraction of sp³-hybridized carbons (Fsp3) is 0.500. The van der Waals surface area contributed by atoms with Gasteiger partial charge in [0.2, 0.25) is 5.95 Å². The van der Waals surface area contributed by atoms with Crippen molar-refractivity contribution < 1.29 is 0 Å². The molecule has 2 heterocycles. The van der Waals surface area contributed by atoms with Gasteiger partial charge in [-0.2, -0.15) is 0 Å². The summed E-state index contributed by atoms with van der Waals surface area (Å²) < 4.78 is 0. The Morgan fingerprint density at radius 1 is 1.58 bits per heavy atom. The van der Waals surface area contributed by atoms with Gasteiger partial charge < -0.3 is 4.90 Å². The summed E-state index contributed by atoms with van der Waals surface area (Å²) in [5.41, 5.74) is 1.04. The molecule has 64 valence electrons. The molecule has 1 saturated heterocycles. The van der Waals surface area contributed by atoms with Crippen LogP contribution in [0.1, 0.15) is 5.69 Å². The van der Waals surface area contributed by atoms with E-state index >= 15 is 0 Å². The molecule has 1 aliphatic heterocycles. The van der Waals surface area contributed by atoms with Gasteiger partial charge in [-0.3, -0.25) is 0 Å². The lowest BCUT2D eigenvalue weighted by Gasteiger charge is -2.13. The fourth-order valence-corrected chi connectivity index (χ4v) is 2.10. The fourth-order valence-electron chi connectivity index (χ4n) is 1.16. The van der Waals surface area contributed by atoms with Crippen LogP contribution in [0.15, 0.2) is 12.3 Å². The first-order valence-electron chi connectivity index (χ1n) is 3.98. The minimum atomic E-state index is 0.875. The molecule has 4 heteroatoms. The third-order valence-electron chi connectivity index (χ3n) is 1.82. The summed E-state index contributed by atoms with van der Waals surface area (Å²) in [5, 5.41) is 0. The highest BCUT2D eigenvalue weighted by Gasteiger charge is 2.14. The second-order valence-corrected chi connectivity index (χ2v) is 3.87. The second kappa shape index (κ2) is 3.31. The quantitative estimate of drug-likeness (QED) is 0.653. The van der Waals surface area contributed by atoms with Crippen molar-refractivity contribution in [2.75, 3.05) is 23.1 Å². The van der Waals surface area contributed by atoms with E-state index < -0.39 is 0 Å². The van der Waals surface area contributed by atoms with Crippen LogP contribution in [0.2, 0.25) is 0 Å². The first-order chi connectivity index (χ1) is 5.86. The number of hydrogen-bond donors (Lipinski definition) is 0. The maximum absolute atomic E-state index is 4.36. The summed E-state index contributed by atoms with van der Waals surface area (Å²) >= 11 is 1.93. The minimum Gasteiger partial charge on any atom is -0.331 e. The number of thioether (sulfide) groups is 1. The first kappa shape index (κ1) is 7.86. The molecule has 0 aromatic carbocycles. The molecule has 1 aromatic rings. The Hall–Kier alpha value is -0.770. The number of anilines is 1. The van der Waals surface area contributed by atoms with E-state index in [0.29, 0.717) is 0 Å². The molecule has 0 spiro atoms. The third-order valence-corrected chi connectivity index (χ3v) is 2.78. The summed E-state index contributed by atoms with van der Waals surface area (Å²) in [6.45, 7) is 3.07. The van der Waals surface area contributed by atoms with Crippen LogP contribution in [0.4, 0.5) is 5.95 Å². The van der Waals surface area contributed by atoms with Crippen molar-refractivity contribution in [2.24, 2.45) is 0 Å². The van der Waals surface area contributed by atoms with Crippen LogP contribution in [0.25, 0.3) is 0 Å². The van der Waals surface area contributed by atoms with Gasteiger partial charge in [-0.1, -0.05) is 0 Å². The number of aromatic nitrogens is 2. The molecule has 1 aromatic heterocycles. The highest BCUT2D eigenvalue weighted by Crippen LogP contribution is 2.18. The molecule has 1 fully saturated rings. The van der Waals surface area contributed by atoms with Crippen molar-refractivity contribution in [1.82, 2.24) is 9.97 Å². The molecular formula is C8H11N3S. The third kappa shape index (κ3) is 1.53. The molecule has 12 heavy (non-hydrogen) atoms. The molecule has 0 atom stereocenters. The lowest BCUT2D eigenvalue weighted by atomic mass is 10.4. The van der Waals surface area contributed by atoms with Crippen LogP contribution in [0.3, 0.4) is 0 Å². The summed E-state index contributed by atoms with van der Waals surface area (Å²) in [7, 11) is 0. The second-order valence-electron chi connectivity index (χ2n) is 2.80. The lowest BCUT2D eigenvalue weighted by Crippen LogP contribution is -2.20. The van der Waals surface area contributed by atoms with Gasteiger partial charge in [0.1, 0.15) is 0 Å². The summed E-state index contributed by atoms with van der Waals surface area (Å²) in [4.78, 5) is 10.8. The maximum atomic E-state index is 4.36. The zero-order valence-corrected chi connectivity index (χ0v) is 7.84. The van der Waals surface area contributed by atoms with Crippen molar-refractivity contribution in [3.05, 3.63) is 18.0 Å². The zero-order valence-electron chi connectivity index (χ0n) is 7.03. The van der Waals surface area contributed by atoms with Crippen molar-refractivity contribution in [2.45, 2.75) is 6.92 Å². The molecule has 0 bridgehead atoms. The Kier molecular flexibility index (Phi) is 2.17. The topological polar surface area (TPSA) is 29.0 Å². The molecule has 2 rings (SSSR count).